The molecule has 134 valence electrons. The molecule has 1 rings (SSSR count). The van der Waals surface area contributed by atoms with E-state index in [0.717, 1.165) is 18.5 Å². The first-order valence-electron chi connectivity index (χ1n) is 8.55. The summed E-state index contributed by atoms with van der Waals surface area (Å²) in [6.45, 7) is 7.76. The number of carbonyl (C=O) groups excluding carboxylic acids is 2. The molecule has 0 saturated heterocycles. The average Bonchev–Trinajstić information content (AvgIpc) is 2.51. The van der Waals surface area contributed by atoms with Crippen LogP contribution in [0.3, 0.4) is 0 Å². The molecule has 0 unspecified atom stereocenters. The van der Waals surface area contributed by atoms with Crippen LogP contribution in [-0.4, -0.2) is 66.3 Å². The summed E-state index contributed by atoms with van der Waals surface area (Å²) in [6, 6.07) is 10.0. The average molecular weight is 333 g/mol. The predicted octanol–water partition coefficient (Wildman–Crippen LogP) is 2.22. The summed E-state index contributed by atoms with van der Waals surface area (Å²) in [5, 5.41) is 0. The van der Waals surface area contributed by atoms with Gasteiger partial charge in [0.15, 0.2) is 0 Å². The molecule has 0 bridgehead atoms. The van der Waals surface area contributed by atoms with Crippen LogP contribution in [0.25, 0.3) is 0 Å². The molecule has 0 spiro atoms. The van der Waals surface area contributed by atoms with Crippen LogP contribution < -0.4 is 0 Å². The van der Waals surface area contributed by atoms with E-state index >= 15 is 0 Å². The Morgan fingerprint density at radius 3 is 2.17 bits per heavy atom. The summed E-state index contributed by atoms with van der Waals surface area (Å²) in [5.41, 5.74) is 1.10. The Bertz CT molecular complexity index is 515. The van der Waals surface area contributed by atoms with Crippen molar-refractivity contribution in [2.75, 3.05) is 33.7 Å². The Morgan fingerprint density at radius 2 is 1.67 bits per heavy atom. The second-order valence-corrected chi connectivity index (χ2v) is 6.70. The summed E-state index contributed by atoms with van der Waals surface area (Å²) in [4.78, 5) is 30.1. The standard InChI is InChI=1S/C19H31N3O2/c1-16(2)22(14-18-10-7-6-8-11-18)19(24)15-21(17(3)23)13-9-12-20(4)5/h6-8,10-11,16H,9,12-15H2,1-5H3. The van der Waals surface area contributed by atoms with E-state index in [4.69, 9.17) is 0 Å². The maximum Gasteiger partial charge on any atom is 0.242 e. The van der Waals surface area contributed by atoms with Crippen molar-refractivity contribution in [3.63, 3.8) is 0 Å². The Kier molecular flexibility index (Phi) is 8.47. The Hall–Kier alpha value is -1.88. The van der Waals surface area contributed by atoms with E-state index in [1.807, 2.05) is 63.2 Å². The highest BCUT2D eigenvalue weighted by Gasteiger charge is 2.21. The second kappa shape index (κ2) is 10.1. The van der Waals surface area contributed by atoms with Crippen LogP contribution in [0.4, 0.5) is 0 Å². The van der Waals surface area contributed by atoms with E-state index in [0.29, 0.717) is 13.1 Å². The van der Waals surface area contributed by atoms with Crippen molar-refractivity contribution < 1.29 is 9.59 Å². The molecule has 0 N–H and O–H groups in total. The quantitative estimate of drug-likeness (QED) is 0.696. The zero-order valence-corrected chi connectivity index (χ0v) is 15.7. The Balaban J connectivity index is 2.69. The van der Waals surface area contributed by atoms with Crippen LogP contribution in [0.5, 0.6) is 0 Å². The smallest absolute Gasteiger partial charge is 0.242 e. The van der Waals surface area contributed by atoms with E-state index in [1.54, 1.807) is 4.90 Å². The lowest BCUT2D eigenvalue weighted by Gasteiger charge is -2.30. The minimum atomic E-state index is -0.0504. The van der Waals surface area contributed by atoms with Crippen molar-refractivity contribution in [2.45, 2.75) is 39.8 Å². The topological polar surface area (TPSA) is 43.9 Å². The number of carbonyl (C=O) groups is 2. The van der Waals surface area contributed by atoms with Gasteiger partial charge in [0.2, 0.25) is 11.8 Å². The number of hydrogen-bond donors (Lipinski definition) is 0. The largest absolute Gasteiger partial charge is 0.334 e. The van der Waals surface area contributed by atoms with Gasteiger partial charge in [0.25, 0.3) is 0 Å². The van der Waals surface area contributed by atoms with Gasteiger partial charge in [0.05, 0.1) is 6.54 Å². The van der Waals surface area contributed by atoms with E-state index in [-0.39, 0.29) is 24.4 Å². The molecule has 2 amide bonds. The maximum absolute atomic E-state index is 12.7. The van der Waals surface area contributed by atoms with Gasteiger partial charge >= 0.3 is 0 Å². The fourth-order valence-corrected chi connectivity index (χ4v) is 2.52. The normalized spacial score (nSPS) is 11.0. The molecule has 0 atom stereocenters. The zero-order chi connectivity index (χ0) is 18.1. The summed E-state index contributed by atoms with van der Waals surface area (Å²) in [6.07, 6.45) is 0.861. The lowest BCUT2D eigenvalue weighted by atomic mass is 10.2. The molecule has 5 nitrogen and oxygen atoms in total. The van der Waals surface area contributed by atoms with Crippen molar-refractivity contribution >= 4 is 11.8 Å². The van der Waals surface area contributed by atoms with Crippen molar-refractivity contribution in [3.05, 3.63) is 35.9 Å². The first-order chi connectivity index (χ1) is 11.3. The van der Waals surface area contributed by atoms with Crippen molar-refractivity contribution in [1.82, 2.24) is 14.7 Å². The van der Waals surface area contributed by atoms with Crippen molar-refractivity contribution in [3.8, 4) is 0 Å². The first kappa shape index (κ1) is 20.2. The zero-order valence-electron chi connectivity index (χ0n) is 15.7. The third kappa shape index (κ3) is 7.13. The van der Waals surface area contributed by atoms with Crippen LogP contribution in [0.2, 0.25) is 0 Å². The van der Waals surface area contributed by atoms with Gasteiger partial charge in [-0.2, -0.15) is 0 Å². The maximum atomic E-state index is 12.7. The SMILES string of the molecule is CC(=O)N(CCCN(C)C)CC(=O)N(Cc1ccccc1)C(C)C. The minimum Gasteiger partial charge on any atom is -0.334 e. The third-order valence-electron chi connectivity index (χ3n) is 3.94. The van der Waals surface area contributed by atoms with Crippen molar-refractivity contribution in [1.29, 1.82) is 0 Å². The van der Waals surface area contributed by atoms with Gasteiger partial charge in [-0.05, 0) is 46.5 Å². The van der Waals surface area contributed by atoms with Crippen molar-refractivity contribution in [2.24, 2.45) is 0 Å². The van der Waals surface area contributed by atoms with Crippen LogP contribution in [0.15, 0.2) is 30.3 Å². The minimum absolute atomic E-state index is 0.00564. The highest BCUT2D eigenvalue weighted by molar-refractivity contribution is 5.84. The molecule has 0 fully saturated rings. The summed E-state index contributed by atoms with van der Waals surface area (Å²) >= 11 is 0. The van der Waals surface area contributed by atoms with Crippen LogP contribution >= 0.6 is 0 Å². The monoisotopic (exact) mass is 333 g/mol. The number of amides is 2. The van der Waals surface area contributed by atoms with E-state index in [9.17, 15) is 9.59 Å². The van der Waals surface area contributed by atoms with Gasteiger partial charge in [-0.25, -0.2) is 0 Å². The molecule has 1 aromatic carbocycles. The van der Waals surface area contributed by atoms with E-state index in [1.165, 1.54) is 6.92 Å². The fraction of sp³-hybridized carbons (Fsp3) is 0.579. The molecule has 0 heterocycles. The molecule has 0 saturated carbocycles. The lowest BCUT2D eigenvalue weighted by Crippen LogP contribution is -2.45. The molecule has 1 aromatic rings. The Morgan fingerprint density at radius 1 is 1.04 bits per heavy atom. The molecule has 5 heteroatoms. The van der Waals surface area contributed by atoms with Gasteiger partial charge < -0.3 is 14.7 Å². The molecule has 0 radical (unpaired) electrons. The van der Waals surface area contributed by atoms with Crippen LogP contribution in [0.1, 0.15) is 32.8 Å². The van der Waals surface area contributed by atoms with Gasteiger partial charge in [-0.15, -0.1) is 0 Å². The van der Waals surface area contributed by atoms with Crippen LogP contribution in [0, 0.1) is 0 Å². The van der Waals surface area contributed by atoms with Gasteiger partial charge in [-0.3, -0.25) is 9.59 Å². The number of rotatable bonds is 9. The van der Waals surface area contributed by atoms with Crippen LogP contribution in [-0.2, 0) is 16.1 Å². The predicted molar refractivity (Wildman–Crippen MR) is 97.6 cm³/mol. The van der Waals surface area contributed by atoms with Gasteiger partial charge in [-0.1, -0.05) is 30.3 Å². The number of nitrogens with zero attached hydrogens (tertiary/aromatic N) is 3. The fourth-order valence-electron chi connectivity index (χ4n) is 2.52. The van der Waals surface area contributed by atoms with E-state index < -0.39 is 0 Å². The molecule has 0 aliphatic carbocycles. The molecule has 0 aliphatic heterocycles. The molecule has 24 heavy (non-hydrogen) atoms. The number of benzene rings is 1. The molecule has 0 aromatic heterocycles. The third-order valence-corrected chi connectivity index (χ3v) is 3.94. The summed E-state index contributed by atoms with van der Waals surface area (Å²) < 4.78 is 0. The highest BCUT2D eigenvalue weighted by Crippen LogP contribution is 2.09. The van der Waals surface area contributed by atoms with E-state index in [2.05, 4.69) is 4.90 Å². The summed E-state index contributed by atoms with van der Waals surface area (Å²) in [5.74, 6) is -0.0561. The lowest BCUT2D eigenvalue weighted by molar-refractivity contribution is -0.141. The molecular weight excluding hydrogens is 302 g/mol. The van der Waals surface area contributed by atoms with Gasteiger partial charge in [0, 0.05) is 26.1 Å². The number of hydrogen-bond acceptors (Lipinski definition) is 3. The summed E-state index contributed by atoms with van der Waals surface area (Å²) in [7, 11) is 4.01. The second-order valence-electron chi connectivity index (χ2n) is 6.70. The van der Waals surface area contributed by atoms with Gasteiger partial charge in [0.1, 0.15) is 0 Å². The first-order valence-corrected chi connectivity index (χ1v) is 8.55. The molecule has 0 aliphatic rings. The Labute approximate surface area is 146 Å². The highest BCUT2D eigenvalue weighted by atomic mass is 16.2. The molecular formula is C19H31N3O2.